The van der Waals surface area contributed by atoms with Crippen LogP contribution in [0.25, 0.3) is 11.0 Å². The van der Waals surface area contributed by atoms with Crippen molar-refractivity contribution in [3.05, 3.63) is 30.1 Å². The van der Waals surface area contributed by atoms with Gasteiger partial charge in [0.05, 0.1) is 11.0 Å². The van der Waals surface area contributed by atoms with Crippen LogP contribution in [0, 0.1) is 11.8 Å². The van der Waals surface area contributed by atoms with Gasteiger partial charge in [-0.15, -0.1) is 0 Å². The Hall–Kier alpha value is -1.39. The lowest BCUT2D eigenvalue weighted by atomic mass is 10.1. The van der Waals surface area contributed by atoms with Crippen molar-refractivity contribution >= 4 is 11.0 Å². The molecule has 108 valence electrons. The molecule has 0 radical (unpaired) electrons. The molecule has 3 unspecified atom stereocenters. The zero-order chi connectivity index (χ0) is 14.1. The molecule has 20 heavy (non-hydrogen) atoms. The van der Waals surface area contributed by atoms with Gasteiger partial charge in [0.1, 0.15) is 5.82 Å². The maximum atomic E-state index is 5.75. The van der Waals surface area contributed by atoms with Gasteiger partial charge in [0.25, 0.3) is 0 Å². The highest BCUT2D eigenvalue weighted by atomic mass is 15.2. The molecule has 0 amide bonds. The Labute approximate surface area is 120 Å². The van der Waals surface area contributed by atoms with Crippen molar-refractivity contribution in [2.75, 3.05) is 0 Å². The van der Waals surface area contributed by atoms with Crippen molar-refractivity contribution in [2.24, 2.45) is 17.7 Å². The molecule has 3 rings (SSSR count). The first-order valence-electron chi connectivity index (χ1n) is 7.64. The number of nitrogens with two attached hydrogens (primary N) is 1. The van der Waals surface area contributed by atoms with E-state index in [1.807, 2.05) is 0 Å². The monoisotopic (exact) mass is 272 g/mol. The van der Waals surface area contributed by atoms with E-state index >= 15 is 0 Å². The summed E-state index contributed by atoms with van der Waals surface area (Å²) in [5.41, 5.74) is 5.34. The number of hydrogen-bond acceptors (Lipinski definition) is 3. The molecule has 1 saturated carbocycles. The predicted molar refractivity (Wildman–Crippen MR) is 82.1 cm³/mol. The topological polar surface area (TPSA) is 55.9 Å². The standard InChI is InChI=1S/C16H24N4/c1-3-8-20-15-7-5-4-6-13(15)18-16(20)10-14(19-17)12-9-11(12)2/h4-7,11-12,14,19H,3,8-10,17H2,1-2H3. The highest BCUT2D eigenvalue weighted by molar-refractivity contribution is 5.75. The molecular weight excluding hydrogens is 248 g/mol. The number of nitrogens with one attached hydrogen (secondary N) is 1. The van der Waals surface area contributed by atoms with Crippen LogP contribution in [0.3, 0.4) is 0 Å². The normalized spacial score (nSPS) is 23.1. The predicted octanol–water partition coefficient (Wildman–Crippen LogP) is 2.48. The third-order valence-corrected chi connectivity index (χ3v) is 4.49. The van der Waals surface area contributed by atoms with Gasteiger partial charge in [0.15, 0.2) is 0 Å². The van der Waals surface area contributed by atoms with Crippen LogP contribution in [-0.2, 0) is 13.0 Å². The maximum absolute atomic E-state index is 5.75. The number of imidazole rings is 1. The summed E-state index contributed by atoms with van der Waals surface area (Å²) in [5, 5.41) is 0. The van der Waals surface area contributed by atoms with Gasteiger partial charge < -0.3 is 4.57 Å². The minimum absolute atomic E-state index is 0.345. The van der Waals surface area contributed by atoms with E-state index in [1.54, 1.807) is 0 Å². The number of fused-ring (bicyclic) bond motifs is 1. The number of aryl methyl sites for hydroxylation is 1. The molecule has 0 aliphatic heterocycles. The summed E-state index contributed by atoms with van der Waals surface area (Å²) in [4.78, 5) is 4.82. The quantitative estimate of drug-likeness (QED) is 0.627. The number of hydrogen-bond donors (Lipinski definition) is 2. The Bertz CT molecular complexity index is 589. The van der Waals surface area contributed by atoms with Crippen LogP contribution >= 0.6 is 0 Å². The van der Waals surface area contributed by atoms with E-state index in [9.17, 15) is 0 Å². The summed E-state index contributed by atoms with van der Waals surface area (Å²) >= 11 is 0. The Kier molecular flexibility index (Phi) is 3.76. The molecule has 3 atom stereocenters. The maximum Gasteiger partial charge on any atom is 0.111 e. The Morgan fingerprint density at radius 3 is 2.85 bits per heavy atom. The second-order valence-electron chi connectivity index (χ2n) is 6.02. The zero-order valence-electron chi connectivity index (χ0n) is 12.3. The third kappa shape index (κ3) is 2.45. The fraction of sp³-hybridized carbons (Fsp3) is 0.562. The van der Waals surface area contributed by atoms with Crippen LogP contribution in [0.1, 0.15) is 32.5 Å². The van der Waals surface area contributed by atoms with Gasteiger partial charge in [0, 0.05) is 19.0 Å². The van der Waals surface area contributed by atoms with Crippen LogP contribution in [0.4, 0.5) is 0 Å². The fourth-order valence-corrected chi connectivity index (χ4v) is 3.20. The van der Waals surface area contributed by atoms with Crippen molar-refractivity contribution in [1.29, 1.82) is 0 Å². The van der Waals surface area contributed by atoms with E-state index in [0.717, 1.165) is 36.6 Å². The summed E-state index contributed by atoms with van der Waals surface area (Å²) in [5.74, 6) is 8.41. The summed E-state index contributed by atoms with van der Waals surface area (Å²) in [7, 11) is 0. The third-order valence-electron chi connectivity index (χ3n) is 4.49. The molecule has 4 nitrogen and oxygen atoms in total. The van der Waals surface area contributed by atoms with E-state index in [-0.39, 0.29) is 0 Å². The first-order chi connectivity index (χ1) is 9.74. The number of para-hydroxylation sites is 2. The van der Waals surface area contributed by atoms with Crippen LogP contribution in [-0.4, -0.2) is 15.6 Å². The van der Waals surface area contributed by atoms with Gasteiger partial charge in [-0.2, -0.15) is 0 Å². The van der Waals surface area contributed by atoms with Gasteiger partial charge in [-0.05, 0) is 36.8 Å². The minimum Gasteiger partial charge on any atom is -0.328 e. The molecule has 0 saturated heterocycles. The largest absolute Gasteiger partial charge is 0.328 e. The van der Waals surface area contributed by atoms with Crippen LogP contribution in [0.2, 0.25) is 0 Å². The van der Waals surface area contributed by atoms with Crippen molar-refractivity contribution in [3.8, 4) is 0 Å². The molecule has 0 spiro atoms. The summed E-state index contributed by atoms with van der Waals surface area (Å²) in [6, 6.07) is 8.73. The molecule has 1 aromatic carbocycles. The summed E-state index contributed by atoms with van der Waals surface area (Å²) in [6.45, 7) is 5.53. The van der Waals surface area contributed by atoms with Gasteiger partial charge in [-0.1, -0.05) is 26.0 Å². The Morgan fingerprint density at radius 1 is 1.45 bits per heavy atom. The van der Waals surface area contributed by atoms with Gasteiger partial charge in [0.2, 0.25) is 0 Å². The average molecular weight is 272 g/mol. The second-order valence-corrected chi connectivity index (χ2v) is 6.02. The van der Waals surface area contributed by atoms with Crippen LogP contribution in [0.5, 0.6) is 0 Å². The molecule has 2 aromatic rings. The zero-order valence-corrected chi connectivity index (χ0v) is 12.3. The van der Waals surface area contributed by atoms with E-state index in [2.05, 4.69) is 48.1 Å². The lowest BCUT2D eigenvalue weighted by Crippen LogP contribution is -2.39. The SMILES string of the molecule is CCCn1c(CC(NN)C2CC2C)nc2ccccc21. The molecule has 1 fully saturated rings. The Balaban J connectivity index is 1.91. The van der Waals surface area contributed by atoms with E-state index in [1.165, 1.54) is 11.9 Å². The van der Waals surface area contributed by atoms with E-state index < -0.39 is 0 Å². The smallest absolute Gasteiger partial charge is 0.111 e. The Morgan fingerprint density at radius 2 is 2.20 bits per heavy atom. The fourth-order valence-electron chi connectivity index (χ4n) is 3.20. The van der Waals surface area contributed by atoms with Crippen LogP contribution < -0.4 is 11.3 Å². The van der Waals surface area contributed by atoms with Gasteiger partial charge in [-0.25, -0.2) is 4.98 Å². The highest BCUT2D eigenvalue weighted by Crippen LogP contribution is 2.41. The number of nitrogens with zero attached hydrogens (tertiary/aromatic N) is 2. The number of rotatable bonds is 6. The molecule has 1 aromatic heterocycles. The molecule has 3 N–H and O–H groups in total. The molecule has 1 aliphatic carbocycles. The molecule has 1 aliphatic rings. The van der Waals surface area contributed by atoms with Crippen molar-refractivity contribution in [1.82, 2.24) is 15.0 Å². The van der Waals surface area contributed by atoms with Crippen LogP contribution in [0.15, 0.2) is 24.3 Å². The number of hydrazine groups is 1. The van der Waals surface area contributed by atoms with E-state index in [4.69, 9.17) is 10.8 Å². The molecule has 0 bridgehead atoms. The first kappa shape index (κ1) is 13.6. The molecule has 1 heterocycles. The van der Waals surface area contributed by atoms with Gasteiger partial charge >= 0.3 is 0 Å². The van der Waals surface area contributed by atoms with Crippen molar-refractivity contribution in [2.45, 2.75) is 45.7 Å². The highest BCUT2D eigenvalue weighted by Gasteiger charge is 2.39. The lowest BCUT2D eigenvalue weighted by Gasteiger charge is -2.16. The first-order valence-corrected chi connectivity index (χ1v) is 7.64. The van der Waals surface area contributed by atoms with Crippen molar-refractivity contribution < 1.29 is 0 Å². The minimum atomic E-state index is 0.345. The lowest BCUT2D eigenvalue weighted by molar-refractivity contribution is 0.438. The summed E-state index contributed by atoms with van der Waals surface area (Å²) < 4.78 is 2.35. The van der Waals surface area contributed by atoms with Gasteiger partial charge in [-0.3, -0.25) is 11.3 Å². The average Bonchev–Trinajstić information content (AvgIpc) is 3.08. The summed E-state index contributed by atoms with van der Waals surface area (Å²) in [6.07, 6.45) is 3.32. The molecule has 4 heteroatoms. The number of benzene rings is 1. The second kappa shape index (κ2) is 5.54. The van der Waals surface area contributed by atoms with Crippen molar-refractivity contribution in [3.63, 3.8) is 0 Å². The number of aromatic nitrogens is 2. The van der Waals surface area contributed by atoms with E-state index in [0.29, 0.717) is 12.0 Å². The molecular formula is C16H24N4.